The summed E-state index contributed by atoms with van der Waals surface area (Å²) in [5.74, 6) is -9.28. The van der Waals surface area contributed by atoms with Crippen LogP contribution in [0.15, 0.2) is 30.5 Å². The SMILES string of the molecule is CSCC[C@H](NC(=O)[C@@H]1CCCN1C(=O)[C@H](CCSC)NC(=O)[C@@H]1CCCN1C(=O)[C@H](CC(=O)O)NC(=O)[C@@H]1CCCN1C(=O)[C@@H](NC(=O)[C@H](CO)NC(=O)[C@H](CC(C)C)NC(=O)[C@@H](N)Cc1c[nH]c2ccccc12)[C@@H](C)O)C(=O)O. The molecule has 3 saturated heterocycles. The van der Waals surface area contributed by atoms with Crippen molar-refractivity contribution in [3.63, 3.8) is 0 Å². The van der Waals surface area contributed by atoms with E-state index < -0.39 is 145 Å². The van der Waals surface area contributed by atoms with Crippen LogP contribution >= 0.6 is 23.5 Å². The van der Waals surface area contributed by atoms with Crippen molar-refractivity contribution in [1.29, 1.82) is 0 Å². The Labute approximate surface area is 478 Å². The van der Waals surface area contributed by atoms with Gasteiger partial charge in [0.05, 0.1) is 25.2 Å². The van der Waals surface area contributed by atoms with Gasteiger partial charge in [0.2, 0.25) is 53.2 Å². The van der Waals surface area contributed by atoms with E-state index in [0.717, 1.165) is 26.3 Å². The van der Waals surface area contributed by atoms with Crippen LogP contribution in [-0.2, 0) is 59.2 Å². The van der Waals surface area contributed by atoms with Crippen LogP contribution in [0.3, 0.4) is 0 Å². The first-order chi connectivity index (χ1) is 38.5. The topological polar surface area (TPSA) is 392 Å². The molecule has 2 aromatic rings. The predicted molar refractivity (Wildman–Crippen MR) is 300 cm³/mol. The molecule has 9 amide bonds. The molecule has 0 spiro atoms. The first kappa shape index (κ1) is 65.3. The third-order valence-corrected chi connectivity index (χ3v) is 15.9. The molecule has 0 unspecified atom stereocenters. The highest BCUT2D eigenvalue weighted by molar-refractivity contribution is 7.98. The molecule has 28 heteroatoms. The standard InChI is InChI=1S/C53H79N11O15S2/c1-28(2)23-36(58-44(69)32(54)24-30-26-55-33-12-7-6-11-31(30)33)45(70)60-38(27-65)46(71)61-43(29(3)66)52(77)64-20-10-15-41(64)49(74)59-37(25-42(67)68)51(76)63-19-9-13-39(63)47(72)56-34(16-21-80-4)50(75)62-18-8-14-40(62)48(73)57-35(53(78)79)17-22-81-5/h6-7,11-12,26,28-29,32,34-41,43,55,65-66H,8-10,13-25,27,54H2,1-5H3,(H,56,72)(H,57,73)(H,58,69)(H,59,74)(H,60,70)(H,61,71)(H,67,68)(H,78,79)/t29-,32+,34+,35+,36+,37+,38+,39+,40+,41+,43+/m1/s1. The van der Waals surface area contributed by atoms with Crippen LogP contribution in [0, 0.1) is 5.92 Å². The van der Waals surface area contributed by atoms with Crippen LogP contribution in [0.25, 0.3) is 10.9 Å². The summed E-state index contributed by atoms with van der Waals surface area (Å²) in [6.07, 6.45) is 4.76. The average molecular weight is 1170 g/mol. The van der Waals surface area contributed by atoms with Gasteiger partial charge in [-0.25, -0.2) is 4.79 Å². The second-order valence-electron chi connectivity index (χ2n) is 21.1. The summed E-state index contributed by atoms with van der Waals surface area (Å²) in [7, 11) is 0. The maximum Gasteiger partial charge on any atom is 0.326 e. The van der Waals surface area contributed by atoms with Gasteiger partial charge in [0.25, 0.3) is 0 Å². The van der Waals surface area contributed by atoms with Crippen molar-refractivity contribution < 1.29 is 73.2 Å². The number of aliphatic hydroxyl groups excluding tert-OH is 2. The van der Waals surface area contributed by atoms with Gasteiger partial charge in [0, 0.05) is 36.7 Å². The number of nitrogens with two attached hydrogens (primary N) is 1. The zero-order valence-corrected chi connectivity index (χ0v) is 48.0. The summed E-state index contributed by atoms with van der Waals surface area (Å²) < 4.78 is 0. The lowest BCUT2D eigenvalue weighted by molar-refractivity contribution is -0.148. The molecule has 11 atom stereocenters. The van der Waals surface area contributed by atoms with Crippen molar-refractivity contribution in [2.24, 2.45) is 11.7 Å². The van der Waals surface area contributed by atoms with Crippen molar-refractivity contribution >= 4 is 99.5 Å². The third-order valence-electron chi connectivity index (χ3n) is 14.6. The molecule has 1 aromatic carbocycles. The highest BCUT2D eigenvalue weighted by Gasteiger charge is 2.45. The second-order valence-corrected chi connectivity index (χ2v) is 23.1. The van der Waals surface area contributed by atoms with Gasteiger partial charge in [-0.2, -0.15) is 23.5 Å². The molecule has 3 aliphatic heterocycles. The first-order valence-electron chi connectivity index (χ1n) is 27.3. The lowest BCUT2D eigenvalue weighted by Gasteiger charge is -2.33. The number of carboxylic acid groups (broad SMARTS) is 2. The third kappa shape index (κ3) is 17.8. The van der Waals surface area contributed by atoms with Crippen molar-refractivity contribution in [3.8, 4) is 0 Å². The number of thioether (sulfide) groups is 2. The number of aliphatic carboxylic acids is 2. The summed E-state index contributed by atoms with van der Waals surface area (Å²) in [5, 5.41) is 56.9. The number of rotatable bonds is 30. The van der Waals surface area contributed by atoms with Crippen molar-refractivity contribution in [2.75, 3.05) is 50.3 Å². The number of aliphatic hydroxyl groups is 2. The average Bonchev–Trinajstić information content (AvgIpc) is 4.28. The highest BCUT2D eigenvalue weighted by atomic mass is 32.2. The molecule has 3 aliphatic rings. The van der Waals surface area contributed by atoms with E-state index in [4.69, 9.17) is 5.73 Å². The lowest BCUT2D eigenvalue weighted by atomic mass is 10.0. The van der Waals surface area contributed by atoms with Crippen molar-refractivity contribution in [3.05, 3.63) is 36.0 Å². The van der Waals surface area contributed by atoms with Crippen LogP contribution in [0.5, 0.6) is 0 Å². The van der Waals surface area contributed by atoms with E-state index >= 15 is 0 Å². The number of benzene rings is 1. The lowest BCUT2D eigenvalue weighted by Crippen LogP contribution is -2.62. The molecular weight excluding hydrogens is 1090 g/mol. The number of carbonyl (C=O) groups is 11. The summed E-state index contributed by atoms with van der Waals surface area (Å²) in [5.41, 5.74) is 7.93. The quantitative estimate of drug-likeness (QED) is 0.0419. The zero-order valence-electron chi connectivity index (χ0n) is 46.4. The van der Waals surface area contributed by atoms with Crippen LogP contribution in [0.1, 0.15) is 90.5 Å². The maximum absolute atomic E-state index is 14.3. The van der Waals surface area contributed by atoms with Crippen molar-refractivity contribution in [1.82, 2.24) is 51.6 Å². The number of amides is 9. The van der Waals surface area contributed by atoms with Gasteiger partial charge in [-0.3, -0.25) is 47.9 Å². The Bertz CT molecular complexity index is 2590. The Kier molecular flexibility index (Phi) is 25.1. The Balaban J connectivity index is 1.23. The molecular formula is C53H79N11O15S2. The van der Waals surface area contributed by atoms with Gasteiger partial charge in [0.15, 0.2) is 0 Å². The number of hydrogen-bond acceptors (Lipinski definition) is 16. The molecule has 3 fully saturated rings. The van der Waals surface area contributed by atoms with E-state index in [-0.39, 0.29) is 76.9 Å². The van der Waals surface area contributed by atoms with Gasteiger partial charge in [-0.1, -0.05) is 32.0 Å². The number of carbonyl (C=O) groups excluding carboxylic acids is 9. The molecule has 4 heterocycles. The number of aromatic nitrogens is 1. The number of aromatic amines is 1. The van der Waals surface area contributed by atoms with Gasteiger partial charge in [-0.05, 0) is 113 Å². The molecule has 0 bridgehead atoms. The van der Waals surface area contributed by atoms with Gasteiger partial charge in [0.1, 0.15) is 54.4 Å². The molecule has 1 aromatic heterocycles. The Morgan fingerprint density at radius 3 is 1.63 bits per heavy atom. The zero-order chi connectivity index (χ0) is 59.7. The van der Waals surface area contributed by atoms with Crippen LogP contribution in [0.2, 0.25) is 0 Å². The minimum Gasteiger partial charge on any atom is -0.481 e. The predicted octanol–water partition coefficient (Wildman–Crippen LogP) is -1.60. The number of nitrogens with one attached hydrogen (secondary N) is 7. The number of para-hydroxylation sites is 1. The van der Waals surface area contributed by atoms with Gasteiger partial charge in [-0.15, -0.1) is 0 Å². The summed E-state index contributed by atoms with van der Waals surface area (Å²) in [6.45, 7) is 3.91. The fourth-order valence-electron chi connectivity index (χ4n) is 10.4. The minimum atomic E-state index is -1.75. The molecule has 26 nitrogen and oxygen atoms in total. The van der Waals surface area contributed by atoms with Crippen LogP contribution in [-0.4, -0.2) is 222 Å². The van der Waals surface area contributed by atoms with E-state index in [1.165, 1.54) is 35.3 Å². The molecule has 81 heavy (non-hydrogen) atoms. The molecule has 0 aliphatic carbocycles. The maximum atomic E-state index is 14.3. The number of carboxylic acids is 2. The Morgan fingerprint density at radius 1 is 0.642 bits per heavy atom. The van der Waals surface area contributed by atoms with E-state index in [0.29, 0.717) is 24.3 Å². The number of nitrogens with zero attached hydrogens (tertiary/aromatic N) is 3. The fourth-order valence-corrected chi connectivity index (χ4v) is 11.3. The van der Waals surface area contributed by atoms with E-state index in [2.05, 4.69) is 36.9 Å². The normalized spacial score (nSPS) is 20.1. The monoisotopic (exact) mass is 1170 g/mol. The Hall–Kier alpha value is -6.49. The summed E-state index contributed by atoms with van der Waals surface area (Å²) in [6, 6.07) is -5.84. The fraction of sp³-hybridized carbons (Fsp3) is 0.642. The van der Waals surface area contributed by atoms with Crippen LogP contribution in [0.4, 0.5) is 0 Å². The van der Waals surface area contributed by atoms with E-state index in [1.54, 1.807) is 32.6 Å². The molecule has 13 N–H and O–H groups in total. The first-order valence-corrected chi connectivity index (χ1v) is 30.1. The number of H-pyrrole nitrogens is 1. The van der Waals surface area contributed by atoms with Crippen molar-refractivity contribution in [2.45, 2.75) is 158 Å². The molecule has 5 rings (SSSR count). The summed E-state index contributed by atoms with van der Waals surface area (Å²) >= 11 is 2.82. The van der Waals surface area contributed by atoms with Gasteiger partial charge < -0.3 is 77.7 Å². The highest BCUT2D eigenvalue weighted by Crippen LogP contribution is 2.25. The smallest absolute Gasteiger partial charge is 0.326 e. The van der Waals surface area contributed by atoms with E-state index in [1.807, 2.05) is 24.3 Å². The Morgan fingerprint density at radius 2 is 1.12 bits per heavy atom. The molecule has 0 saturated carbocycles. The molecule has 448 valence electrons. The van der Waals surface area contributed by atoms with Gasteiger partial charge >= 0.3 is 11.9 Å². The van der Waals surface area contributed by atoms with E-state index in [9.17, 15) is 73.2 Å². The molecule has 0 radical (unpaired) electrons. The largest absolute Gasteiger partial charge is 0.481 e. The number of likely N-dealkylation sites (tertiary alicyclic amines) is 3. The number of fused-ring (bicyclic) bond motifs is 1. The summed E-state index contributed by atoms with van der Waals surface area (Å²) in [4.78, 5) is 156. The second kappa shape index (κ2) is 31.1. The minimum absolute atomic E-state index is 0.0191. The number of hydrogen-bond donors (Lipinski definition) is 12. The van der Waals surface area contributed by atoms with Crippen LogP contribution < -0.4 is 37.6 Å².